The van der Waals surface area contributed by atoms with Crippen LogP contribution >= 0.6 is 15.9 Å². The first-order valence-corrected chi connectivity index (χ1v) is 7.14. The van der Waals surface area contributed by atoms with Gasteiger partial charge in [0.1, 0.15) is 17.3 Å². The van der Waals surface area contributed by atoms with Crippen molar-refractivity contribution in [2.75, 3.05) is 13.7 Å². The molecule has 0 spiro atoms. The Hall–Kier alpha value is -1.46. The normalized spacial score (nSPS) is 12.2. The summed E-state index contributed by atoms with van der Waals surface area (Å²) < 4.78 is 20.2. The third kappa shape index (κ3) is 2.99. The van der Waals surface area contributed by atoms with Crippen LogP contribution in [0.5, 0.6) is 5.75 Å². The number of benzene rings is 1. The van der Waals surface area contributed by atoms with Crippen LogP contribution in [0, 0.1) is 5.82 Å². The van der Waals surface area contributed by atoms with Crippen LogP contribution in [0.1, 0.15) is 24.2 Å². The summed E-state index contributed by atoms with van der Waals surface area (Å²) >= 11 is 3.41. The van der Waals surface area contributed by atoms with Crippen LogP contribution in [0.2, 0.25) is 0 Å². The molecule has 0 amide bonds. The van der Waals surface area contributed by atoms with Gasteiger partial charge in [0.15, 0.2) is 0 Å². The van der Waals surface area contributed by atoms with Crippen molar-refractivity contribution in [2.24, 2.45) is 0 Å². The van der Waals surface area contributed by atoms with Crippen molar-refractivity contribution in [3.63, 3.8) is 0 Å². The molecule has 0 aliphatic rings. The van der Waals surface area contributed by atoms with Crippen LogP contribution in [0.3, 0.4) is 0 Å². The zero-order chi connectivity index (χ0) is 14.5. The first kappa shape index (κ1) is 14.9. The molecule has 0 bridgehead atoms. The lowest BCUT2D eigenvalue weighted by Crippen LogP contribution is -2.25. The molecular weight excluding hydrogens is 323 g/mol. The maximum atomic E-state index is 14.2. The van der Waals surface area contributed by atoms with Gasteiger partial charge >= 0.3 is 0 Å². The van der Waals surface area contributed by atoms with Crippen molar-refractivity contribution in [2.45, 2.75) is 13.0 Å². The molecule has 1 N–H and O–H groups in total. The van der Waals surface area contributed by atoms with Gasteiger partial charge in [-0.2, -0.15) is 0 Å². The first-order chi connectivity index (χ1) is 9.69. The smallest absolute Gasteiger partial charge is 0.142 e. The van der Waals surface area contributed by atoms with E-state index in [9.17, 15) is 4.39 Å². The van der Waals surface area contributed by atoms with Gasteiger partial charge in [0.25, 0.3) is 0 Å². The number of ether oxygens (including phenoxy) is 1. The quantitative estimate of drug-likeness (QED) is 0.902. The average molecular weight is 339 g/mol. The Labute approximate surface area is 126 Å². The van der Waals surface area contributed by atoms with Crippen molar-refractivity contribution in [1.82, 2.24) is 10.3 Å². The monoisotopic (exact) mass is 338 g/mol. The second kappa shape index (κ2) is 6.81. The van der Waals surface area contributed by atoms with E-state index in [0.717, 1.165) is 0 Å². The van der Waals surface area contributed by atoms with E-state index in [0.29, 0.717) is 28.0 Å². The van der Waals surface area contributed by atoms with Crippen LogP contribution in [0.25, 0.3) is 0 Å². The second-order valence-corrected chi connectivity index (χ2v) is 5.07. The highest BCUT2D eigenvalue weighted by atomic mass is 79.9. The molecule has 2 aromatic rings. The molecule has 1 heterocycles. The van der Waals surface area contributed by atoms with E-state index in [2.05, 4.69) is 26.2 Å². The molecule has 3 nitrogen and oxygen atoms in total. The maximum absolute atomic E-state index is 14.2. The third-order valence-corrected chi connectivity index (χ3v) is 3.68. The fraction of sp³-hybridized carbons (Fsp3) is 0.267. The van der Waals surface area contributed by atoms with E-state index in [-0.39, 0.29) is 11.9 Å². The molecule has 5 heteroatoms. The fourth-order valence-corrected chi connectivity index (χ4v) is 2.69. The SMILES string of the molecule is CCNC(c1ncccc1OC)c1c(F)cccc1Br. The minimum atomic E-state index is -0.369. The summed E-state index contributed by atoms with van der Waals surface area (Å²) in [5.41, 5.74) is 1.20. The van der Waals surface area contributed by atoms with Gasteiger partial charge in [-0.1, -0.05) is 28.9 Å². The van der Waals surface area contributed by atoms with E-state index >= 15 is 0 Å². The van der Waals surface area contributed by atoms with Crippen molar-refractivity contribution < 1.29 is 9.13 Å². The standard InChI is InChI=1S/C15H16BrFN2O/c1-3-18-15(13-10(16)6-4-7-11(13)17)14-12(20-2)8-5-9-19-14/h4-9,15,18H,3H2,1-2H3. The molecule has 1 aromatic heterocycles. The lowest BCUT2D eigenvalue weighted by Gasteiger charge is -2.21. The van der Waals surface area contributed by atoms with Gasteiger partial charge in [-0.3, -0.25) is 4.98 Å². The van der Waals surface area contributed by atoms with Crippen LogP contribution in [-0.2, 0) is 0 Å². The fourth-order valence-electron chi connectivity index (χ4n) is 2.12. The molecule has 106 valence electrons. The van der Waals surface area contributed by atoms with Gasteiger partial charge in [-0.15, -0.1) is 0 Å². The summed E-state index contributed by atoms with van der Waals surface area (Å²) in [4.78, 5) is 4.35. The molecule has 0 saturated carbocycles. The summed E-state index contributed by atoms with van der Waals surface area (Å²) in [5.74, 6) is 0.353. The van der Waals surface area contributed by atoms with Crippen LogP contribution < -0.4 is 10.1 Å². The zero-order valence-electron chi connectivity index (χ0n) is 11.4. The van der Waals surface area contributed by atoms with E-state index < -0.39 is 0 Å². The number of aromatic nitrogens is 1. The predicted octanol–water partition coefficient (Wildman–Crippen LogP) is 3.69. The second-order valence-electron chi connectivity index (χ2n) is 4.22. The summed E-state index contributed by atoms with van der Waals surface area (Å²) in [6.07, 6.45) is 1.68. The summed E-state index contributed by atoms with van der Waals surface area (Å²) in [5, 5.41) is 3.26. The average Bonchev–Trinajstić information content (AvgIpc) is 2.46. The number of hydrogen-bond donors (Lipinski definition) is 1. The van der Waals surface area contributed by atoms with Gasteiger partial charge in [-0.05, 0) is 30.8 Å². The number of halogens is 2. The Kier molecular flexibility index (Phi) is 5.09. The molecular formula is C15H16BrFN2O. The van der Waals surface area contributed by atoms with Crippen LogP contribution in [0.15, 0.2) is 41.0 Å². The molecule has 0 radical (unpaired) electrons. The van der Waals surface area contributed by atoms with Crippen molar-refractivity contribution in [3.8, 4) is 5.75 Å². The van der Waals surface area contributed by atoms with Gasteiger partial charge in [0.2, 0.25) is 0 Å². The summed E-state index contributed by atoms with van der Waals surface area (Å²) in [7, 11) is 1.58. The molecule has 2 rings (SSSR count). The first-order valence-electron chi connectivity index (χ1n) is 6.35. The number of nitrogens with zero attached hydrogens (tertiary/aromatic N) is 1. The van der Waals surface area contributed by atoms with Crippen molar-refractivity contribution >= 4 is 15.9 Å². The van der Waals surface area contributed by atoms with Crippen LogP contribution in [0.4, 0.5) is 4.39 Å². The predicted molar refractivity (Wildman–Crippen MR) is 80.4 cm³/mol. The minimum Gasteiger partial charge on any atom is -0.495 e. The molecule has 0 aliphatic heterocycles. The molecule has 20 heavy (non-hydrogen) atoms. The molecule has 1 unspecified atom stereocenters. The number of hydrogen-bond acceptors (Lipinski definition) is 3. The number of methoxy groups -OCH3 is 1. The Balaban J connectivity index is 2.56. The summed E-state index contributed by atoms with van der Waals surface area (Å²) in [6.45, 7) is 2.66. The van der Waals surface area contributed by atoms with Gasteiger partial charge < -0.3 is 10.1 Å². The zero-order valence-corrected chi connectivity index (χ0v) is 12.9. The highest BCUT2D eigenvalue weighted by Crippen LogP contribution is 2.33. The highest BCUT2D eigenvalue weighted by Gasteiger charge is 2.23. The lowest BCUT2D eigenvalue weighted by molar-refractivity contribution is 0.399. The van der Waals surface area contributed by atoms with Gasteiger partial charge in [0.05, 0.1) is 13.2 Å². The van der Waals surface area contributed by atoms with Gasteiger partial charge in [0, 0.05) is 16.2 Å². The highest BCUT2D eigenvalue weighted by molar-refractivity contribution is 9.10. The van der Waals surface area contributed by atoms with E-state index in [1.807, 2.05) is 19.1 Å². The molecule has 1 atom stereocenters. The molecule has 0 aliphatic carbocycles. The van der Waals surface area contributed by atoms with E-state index in [1.54, 1.807) is 25.4 Å². The molecule has 0 saturated heterocycles. The molecule has 1 aromatic carbocycles. The van der Waals surface area contributed by atoms with Crippen molar-refractivity contribution in [1.29, 1.82) is 0 Å². The lowest BCUT2D eigenvalue weighted by atomic mass is 10.0. The number of rotatable bonds is 5. The summed E-state index contributed by atoms with van der Waals surface area (Å²) in [6, 6.07) is 8.18. The number of pyridine rings is 1. The topological polar surface area (TPSA) is 34.2 Å². The Morgan fingerprint density at radius 3 is 2.80 bits per heavy atom. The Bertz CT molecular complexity index is 572. The largest absolute Gasteiger partial charge is 0.495 e. The number of nitrogens with one attached hydrogen (secondary N) is 1. The van der Waals surface area contributed by atoms with Crippen LogP contribution in [-0.4, -0.2) is 18.6 Å². The van der Waals surface area contributed by atoms with Gasteiger partial charge in [-0.25, -0.2) is 4.39 Å². The Morgan fingerprint density at radius 1 is 1.35 bits per heavy atom. The van der Waals surface area contributed by atoms with E-state index in [4.69, 9.17) is 4.74 Å². The Morgan fingerprint density at radius 2 is 2.15 bits per heavy atom. The third-order valence-electron chi connectivity index (χ3n) is 2.99. The maximum Gasteiger partial charge on any atom is 0.142 e. The molecule has 0 fully saturated rings. The van der Waals surface area contributed by atoms with Crippen molar-refractivity contribution in [3.05, 3.63) is 58.1 Å². The van der Waals surface area contributed by atoms with E-state index in [1.165, 1.54) is 6.07 Å². The minimum absolute atomic E-state index is 0.280.